The van der Waals surface area contributed by atoms with E-state index in [0.29, 0.717) is 11.6 Å². The van der Waals surface area contributed by atoms with Crippen molar-refractivity contribution in [2.45, 2.75) is 38.1 Å². The number of nitrogens with one attached hydrogen (secondary N) is 2. The number of ether oxygens (including phenoxy) is 2. The van der Waals surface area contributed by atoms with E-state index in [1.165, 1.54) is 0 Å². The van der Waals surface area contributed by atoms with Gasteiger partial charge in [-0.15, -0.1) is 0 Å². The zero-order chi connectivity index (χ0) is 24.2. The molecule has 0 radical (unpaired) electrons. The zero-order valence-electron chi connectivity index (χ0n) is 19.9. The van der Waals surface area contributed by atoms with Crippen LogP contribution >= 0.6 is 0 Å². The Labute approximate surface area is 199 Å². The largest absolute Gasteiger partial charge is 0.380 e. The van der Waals surface area contributed by atoms with E-state index in [0.717, 1.165) is 33.6 Å². The highest BCUT2D eigenvalue weighted by atomic mass is 16.5. The summed E-state index contributed by atoms with van der Waals surface area (Å²) in [5.41, 5.74) is 18.4. The second kappa shape index (κ2) is 10.3. The lowest BCUT2D eigenvalue weighted by Crippen LogP contribution is -2.26. The summed E-state index contributed by atoms with van der Waals surface area (Å²) in [5, 5.41) is 0. The zero-order valence-corrected chi connectivity index (χ0v) is 19.9. The van der Waals surface area contributed by atoms with E-state index < -0.39 is 0 Å². The minimum absolute atomic E-state index is 0.122. The molecule has 8 nitrogen and oxygen atoms in total. The molecule has 0 amide bonds. The van der Waals surface area contributed by atoms with Crippen molar-refractivity contribution >= 4 is 0 Å². The molecule has 8 heteroatoms. The number of H-pyrrole nitrogens is 2. The Balaban J connectivity index is 1.47. The molecular weight excluding hydrogens is 428 g/mol. The van der Waals surface area contributed by atoms with E-state index in [1.54, 1.807) is 14.2 Å². The number of rotatable bonds is 9. The molecule has 0 aliphatic rings. The van der Waals surface area contributed by atoms with Crippen LogP contribution in [0.15, 0.2) is 60.9 Å². The van der Waals surface area contributed by atoms with Crippen molar-refractivity contribution in [1.82, 2.24) is 19.9 Å². The summed E-state index contributed by atoms with van der Waals surface area (Å²) >= 11 is 0. The van der Waals surface area contributed by atoms with Gasteiger partial charge in [0.05, 0.1) is 35.7 Å². The summed E-state index contributed by atoms with van der Waals surface area (Å²) in [6.07, 6.45) is 3.50. The predicted octanol–water partition coefficient (Wildman–Crippen LogP) is 4.20. The van der Waals surface area contributed by atoms with Crippen LogP contribution in [0.4, 0.5) is 0 Å². The number of nitrogens with zero attached hydrogens (tertiary/aromatic N) is 2. The summed E-state index contributed by atoms with van der Waals surface area (Å²) in [6, 6.07) is 16.0. The van der Waals surface area contributed by atoms with Crippen molar-refractivity contribution in [2.24, 2.45) is 11.5 Å². The van der Waals surface area contributed by atoms with E-state index in [2.05, 4.69) is 68.5 Å². The maximum Gasteiger partial charge on any atom is 0.126 e. The van der Waals surface area contributed by atoms with Crippen molar-refractivity contribution in [3.63, 3.8) is 0 Å². The molecule has 4 atom stereocenters. The lowest BCUT2D eigenvalue weighted by molar-refractivity contribution is 0.0933. The normalized spacial score (nSPS) is 15.1. The number of hydrogen-bond donors (Lipinski definition) is 4. The molecule has 178 valence electrons. The summed E-state index contributed by atoms with van der Waals surface area (Å²) in [5.74, 6) is 1.42. The third-order valence-corrected chi connectivity index (χ3v) is 6.28. The Morgan fingerprint density at radius 2 is 0.941 bits per heavy atom. The maximum atomic E-state index is 6.19. The fourth-order valence-electron chi connectivity index (χ4n) is 3.72. The average molecular weight is 461 g/mol. The third kappa shape index (κ3) is 4.95. The maximum absolute atomic E-state index is 6.19. The van der Waals surface area contributed by atoms with Gasteiger partial charge in [-0.3, -0.25) is 0 Å². The standard InChI is InChI=1S/C26H32N6O2/c1-15(33-3)23(27)25-29-13-21(31-25)19-9-5-17(6-10-19)18-7-11-20(12-8-18)22-14-30-26(32-22)24(28)16(2)34-4/h5-16,23-24H,27-28H2,1-4H3,(H,29,31)(H,30,32). The molecule has 2 aromatic heterocycles. The monoisotopic (exact) mass is 460 g/mol. The van der Waals surface area contributed by atoms with Crippen molar-refractivity contribution in [2.75, 3.05) is 14.2 Å². The highest BCUT2D eigenvalue weighted by Crippen LogP contribution is 2.28. The Bertz CT molecular complexity index is 1100. The lowest BCUT2D eigenvalue weighted by atomic mass is 10.0. The Kier molecular flexibility index (Phi) is 7.23. The van der Waals surface area contributed by atoms with Gasteiger partial charge in [0.2, 0.25) is 0 Å². The number of methoxy groups -OCH3 is 2. The Morgan fingerprint density at radius 1 is 0.618 bits per heavy atom. The van der Waals surface area contributed by atoms with Gasteiger partial charge < -0.3 is 30.9 Å². The molecule has 0 spiro atoms. The molecule has 4 unspecified atom stereocenters. The minimum Gasteiger partial charge on any atom is -0.380 e. The van der Waals surface area contributed by atoms with Crippen LogP contribution in [0.2, 0.25) is 0 Å². The molecule has 6 N–H and O–H groups in total. The summed E-state index contributed by atoms with van der Waals surface area (Å²) in [7, 11) is 3.29. The van der Waals surface area contributed by atoms with Gasteiger partial charge in [0.1, 0.15) is 11.6 Å². The highest BCUT2D eigenvalue weighted by molar-refractivity contribution is 5.71. The Morgan fingerprint density at radius 3 is 1.26 bits per heavy atom. The number of nitrogens with two attached hydrogens (primary N) is 2. The lowest BCUT2D eigenvalue weighted by Gasteiger charge is -2.15. The third-order valence-electron chi connectivity index (χ3n) is 6.28. The number of hydrogen-bond acceptors (Lipinski definition) is 6. The fraction of sp³-hybridized carbons (Fsp3) is 0.308. The number of benzene rings is 2. The molecule has 0 bridgehead atoms. The first-order valence-electron chi connectivity index (χ1n) is 11.3. The molecule has 0 saturated carbocycles. The van der Waals surface area contributed by atoms with E-state index in [9.17, 15) is 0 Å². The average Bonchev–Trinajstić information content (AvgIpc) is 3.58. The van der Waals surface area contributed by atoms with Crippen molar-refractivity contribution < 1.29 is 9.47 Å². The molecule has 0 fully saturated rings. The first kappa shape index (κ1) is 23.8. The van der Waals surface area contributed by atoms with E-state index in [-0.39, 0.29) is 24.3 Å². The molecule has 34 heavy (non-hydrogen) atoms. The summed E-state index contributed by atoms with van der Waals surface area (Å²) < 4.78 is 10.6. The van der Waals surface area contributed by atoms with Gasteiger partial charge in [-0.25, -0.2) is 9.97 Å². The van der Waals surface area contributed by atoms with Crippen LogP contribution in [-0.4, -0.2) is 46.4 Å². The van der Waals surface area contributed by atoms with Crippen LogP contribution in [0.25, 0.3) is 33.6 Å². The first-order chi connectivity index (χ1) is 16.4. The van der Waals surface area contributed by atoms with Gasteiger partial charge >= 0.3 is 0 Å². The quantitative estimate of drug-likeness (QED) is 0.296. The molecule has 4 aromatic rings. The van der Waals surface area contributed by atoms with Gasteiger partial charge in [0, 0.05) is 37.7 Å². The van der Waals surface area contributed by atoms with Crippen molar-refractivity contribution in [1.29, 1.82) is 0 Å². The van der Waals surface area contributed by atoms with Crippen molar-refractivity contribution in [3.05, 3.63) is 72.6 Å². The molecule has 2 aromatic carbocycles. The molecule has 0 aliphatic carbocycles. The van der Waals surface area contributed by atoms with Gasteiger partial charge in [-0.05, 0) is 25.0 Å². The van der Waals surface area contributed by atoms with Crippen LogP contribution in [0.5, 0.6) is 0 Å². The Hall–Kier alpha value is -3.30. The molecule has 2 heterocycles. The van der Waals surface area contributed by atoms with E-state index in [4.69, 9.17) is 20.9 Å². The molecule has 0 saturated heterocycles. The predicted molar refractivity (Wildman–Crippen MR) is 134 cm³/mol. The van der Waals surface area contributed by atoms with E-state index >= 15 is 0 Å². The first-order valence-corrected chi connectivity index (χ1v) is 11.3. The second-order valence-electron chi connectivity index (χ2n) is 8.43. The van der Waals surface area contributed by atoms with Crippen LogP contribution < -0.4 is 11.5 Å². The van der Waals surface area contributed by atoms with Gasteiger partial charge in [0.15, 0.2) is 0 Å². The van der Waals surface area contributed by atoms with Crippen LogP contribution in [0.3, 0.4) is 0 Å². The second-order valence-corrected chi connectivity index (χ2v) is 8.43. The molecule has 0 aliphatic heterocycles. The topological polar surface area (TPSA) is 128 Å². The SMILES string of the molecule is COC(C)C(N)c1nc(-c2ccc(-c3ccc(-c4c[nH]c(C(N)C(C)OC)n4)cc3)cc2)c[nH]1. The minimum atomic E-state index is -0.304. The summed E-state index contributed by atoms with van der Waals surface area (Å²) in [6.45, 7) is 3.85. The van der Waals surface area contributed by atoms with E-state index in [1.807, 2.05) is 26.2 Å². The number of aromatic amines is 2. The fourth-order valence-corrected chi connectivity index (χ4v) is 3.72. The van der Waals surface area contributed by atoms with Gasteiger partial charge in [-0.2, -0.15) is 0 Å². The summed E-state index contributed by atoms with van der Waals surface area (Å²) in [4.78, 5) is 15.6. The van der Waals surface area contributed by atoms with Gasteiger partial charge in [0.25, 0.3) is 0 Å². The number of imidazole rings is 2. The highest BCUT2D eigenvalue weighted by Gasteiger charge is 2.19. The molecular formula is C26H32N6O2. The van der Waals surface area contributed by atoms with Crippen molar-refractivity contribution in [3.8, 4) is 33.6 Å². The number of aromatic nitrogens is 4. The van der Waals surface area contributed by atoms with Crippen LogP contribution in [0, 0.1) is 0 Å². The van der Waals surface area contributed by atoms with Crippen LogP contribution in [0.1, 0.15) is 37.6 Å². The molecule has 4 rings (SSSR count). The van der Waals surface area contributed by atoms with Crippen LogP contribution in [-0.2, 0) is 9.47 Å². The van der Waals surface area contributed by atoms with Gasteiger partial charge in [-0.1, -0.05) is 48.5 Å². The smallest absolute Gasteiger partial charge is 0.126 e.